The van der Waals surface area contributed by atoms with E-state index in [4.69, 9.17) is 0 Å². The molecule has 0 bridgehead atoms. The lowest BCUT2D eigenvalue weighted by atomic mass is 10.1. The highest BCUT2D eigenvalue weighted by molar-refractivity contribution is 8.00. The number of aryl methyl sites for hydroxylation is 1. The van der Waals surface area contributed by atoms with Crippen LogP contribution < -0.4 is 10.6 Å². The van der Waals surface area contributed by atoms with E-state index in [2.05, 4.69) is 16.9 Å². The number of nitrogens with one attached hydrogen (secondary N) is 2. The van der Waals surface area contributed by atoms with Crippen molar-refractivity contribution in [2.24, 2.45) is 0 Å². The van der Waals surface area contributed by atoms with Gasteiger partial charge in [0.25, 0.3) is 5.91 Å². The molecular weight excluding hydrogens is 244 g/mol. The van der Waals surface area contributed by atoms with E-state index in [9.17, 15) is 4.79 Å². The highest BCUT2D eigenvalue weighted by Crippen LogP contribution is 2.46. The fourth-order valence-corrected chi connectivity index (χ4v) is 2.72. The van der Waals surface area contributed by atoms with Gasteiger partial charge >= 0.3 is 0 Å². The van der Waals surface area contributed by atoms with Gasteiger partial charge in [0.1, 0.15) is 0 Å². The summed E-state index contributed by atoms with van der Waals surface area (Å²) in [4.78, 5) is 12.2. The quantitative estimate of drug-likeness (QED) is 0.859. The first-order valence-electron chi connectivity index (χ1n) is 6.22. The molecule has 0 saturated heterocycles. The summed E-state index contributed by atoms with van der Waals surface area (Å²) in [5.74, 6) is 0.0136. The summed E-state index contributed by atoms with van der Waals surface area (Å²) >= 11 is 1.86. The van der Waals surface area contributed by atoms with Crippen molar-refractivity contribution in [2.75, 3.05) is 25.2 Å². The molecule has 0 aromatic heterocycles. The standard InChI is InChI=1S/C14H20N2OS/c1-10-4-5-11(12(8-10)15-2)13(17)16-9-14(18-3)6-7-14/h4-5,8,15H,6-7,9H2,1-3H3,(H,16,17). The molecule has 0 aliphatic heterocycles. The molecule has 1 saturated carbocycles. The molecule has 0 atom stereocenters. The van der Waals surface area contributed by atoms with Crippen LogP contribution in [-0.2, 0) is 0 Å². The number of hydrogen-bond acceptors (Lipinski definition) is 3. The maximum Gasteiger partial charge on any atom is 0.253 e. The second kappa shape index (κ2) is 5.22. The third-order valence-electron chi connectivity index (χ3n) is 3.50. The first-order chi connectivity index (χ1) is 8.60. The zero-order chi connectivity index (χ0) is 13.2. The normalized spacial score (nSPS) is 16.2. The number of benzene rings is 1. The minimum absolute atomic E-state index is 0.0136. The molecular formula is C14H20N2OS. The van der Waals surface area contributed by atoms with Crippen LogP contribution in [0.5, 0.6) is 0 Å². The number of hydrogen-bond donors (Lipinski definition) is 2. The lowest BCUT2D eigenvalue weighted by Crippen LogP contribution is -2.32. The fraction of sp³-hybridized carbons (Fsp3) is 0.500. The summed E-state index contributed by atoms with van der Waals surface area (Å²) in [6.07, 6.45) is 4.53. The molecule has 1 aliphatic carbocycles. The van der Waals surface area contributed by atoms with Gasteiger partial charge in [-0.25, -0.2) is 0 Å². The van der Waals surface area contributed by atoms with Crippen LogP contribution in [0.1, 0.15) is 28.8 Å². The Labute approximate surface area is 113 Å². The van der Waals surface area contributed by atoms with Crippen LogP contribution in [0.15, 0.2) is 18.2 Å². The van der Waals surface area contributed by atoms with E-state index in [-0.39, 0.29) is 5.91 Å². The van der Waals surface area contributed by atoms with Crippen molar-refractivity contribution in [3.05, 3.63) is 29.3 Å². The summed E-state index contributed by atoms with van der Waals surface area (Å²) in [5, 5.41) is 6.13. The Hall–Kier alpha value is -1.16. The molecule has 1 aliphatic rings. The molecule has 0 spiro atoms. The first kappa shape index (κ1) is 13.3. The minimum Gasteiger partial charge on any atom is -0.387 e. The molecule has 1 aromatic carbocycles. The van der Waals surface area contributed by atoms with E-state index < -0.39 is 0 Å². The SMILES string of the molecule is CNc1cc(C)ccc1C(=O)NCC1(SC)CC1. The lowest BCUT2D eigenvalue weighted by Gasteiger charge is -2.15. The molecule has 4 heteroatoms. The molecule has 0 radical (unpaired) electrons. The molecule has 98 valence electrons. The van der Waals surface area contributed by atoms with Gasteiger partial charge in [0.05, 0.1) is 5.56 Å². The van der Waals surface area contributed by atoms with Gasteiger partial charge in [-0.05, 0) is 43.7 Å². The second-order valence-electron chi connectivity index (χ2n) is 4.87. The number of carbonyl (C=O) groups excluding carboxylic acids is 1. The van der Waals surface area contributed by atoms with Gasteiger partial charge in [-0.15, -0.1) is 0 Å². The van der Waals surface area contributed by atoms with Gasteiger partial charge in [-0.3, -0.25) is 4.79 Å². The summed E-state index contributed by atoms with van der Waals surface area (Å²) in [6, 6.07) is 5.85. The fourth-order valence-electron chi connectivity index (χ4n) is 1.99. The summed E-state index contributed by atoms with van der Waals surface area (Å²) in [7, 11) is 1.84. The smallest absolute Gasteiger partial charge is 0.253 e. The lowest BCUT2D eigenvalue weighted by molar-refractivity contribution is 0.0954. The van der Waals surface area contributed by atoms with Crippen molar-refractivity contribution in [3.63, 3.8) is 0 Å². The molecule has 0 unspecified atom stereocenters. The molecule has 2 rings (SSSR count). The van der Waals surface area contributed by atoms with Crippen molar-refractivity contribution >= 4 is 23.4 Å². The Bertz CT molecular complexity index is 455. The molecule has 2 N–H and O–H groups in total. The third kappa shape index (κ3) is 2.80. The molecule has 3 nitrogen and oxygen atoms in total. The summed E-state index contributed by atoms with van der Waals surface area (Å²) < 4.78 is 0.306. The Morgan fingerprint density at radius 3 is 2.72 bits per heavy atom. The van der Waals surface area contributed by atoms with E-state index in [1.54, 1.807) is 0 Å². The Kier molecular flexibility index (Phi) is 3.85. The van der Waals surface area contributed by atoms with Gasteiger partial charge in [0, 0.05) is 24.0 Å². The van der Waals surface area contributed by atoms with Crippen LogP contribution in [0.2, 0.25) is 0 Å². The number of rotatable bonds is 5. The van der Waals surface area contributed by atoms with Crippen molar-refractivity contribution in [1.82, 2.24) is 5.32 Å². The van der Waals surface area contributed by atoms with Crippen molar-refractivity contribution in [2.45, 2.75) is 24.5 Å². The number of amides is 1. The van der Waals surface area contributed by atoms with Crippen molar-refractivity contribution < 1.29 is 4.79 Å². The molecule has 1 fully saturated rings. The number of carbonyl (C=O) groups is 1. The van der Waals surface area contributed by atoms with Gasteiger partial charge in [0.2, 0.25) is 0 Å². The predicted octanol–water partition coefficient (Wildman–Crippen LogP) is 2.66. The highest BCUT2D eigenvalue weighted by atomic mass is 32.2. The van der Waals surface area contributed by atoms with Gasteiger partial charge in [-0.2, -0.15) is 11.8 Å². The van der Waals surface area contributed by atoms with Crippen LogP contribution in [0.4, 0.5) is 5.69 Å². The van der Waals surface area contributed by atoms with E-state index >= 15 is 0 Å². The zero-order valence-corrected chi connectivity index (χ0v) is 12.0. The van der Waals surface area contributed by atoms with E-state index in [1.807, 2.05) is 43.9 Å². The van der Waals surface area contributed by atoms with E-state index in [0.29, 0.717) is 4.75 Å². The van der Waals surface area contributed by atoms with Crippen LogP contribution in [-0.4, -0.2) is 30.5 Å². The van der Waals surface area contributed by atoms with Crippen LogP contribution in [0, 0.1) is 6.92 Å². The second-order valence-corrected chi connectivity index (χ2v) is 6.14. The third-order valence-corrected chi connectivity index (χ3v) is 4.92. The Morgan fingerprint density at radius 2 is 2.17 bits per heavy atom. The Morgan fingerprint density at radius 1 is 1.44 bits per heavy atom. The predicted molar refractivity (Wildman–Crippen MR) is 78.5 cm³/mol. The van der Waals surface area contributed by atoms with Crippen LogP contribution in [0.3, 0.4) is 0 Å². The van der Waals surface area contributed by atoms with Gasteiger partial charge < -0.3 is 10.6 Å². The Balaban J connectivity index is 2.04. The monoisotopic (exact) mass is 264 g/mol. The topological polar surface area (TPSA) is 41.1 Å². The summed E-state index contributed by atoms with van der Waals surface area (Å²) in [5.41, 5.74) is 2.76. The van der Waals surface area contributed by atoms with Crippen LogP contribution in [0.25, 0.3) is 0 Å². The summed E-state index contributed by atoms with van der Waals surface area (Å²) in [6.45, 7) is 2.79. The molecule has 0 heterocycles. The molecule has 18 heavy (non-hydrogen) atoms. The molecule has 1 aromatic rings. The molecule has 1 amide bonds. The van der Waals surface area contributed by atoms with Gasteiger partial charge in [0.15, 0.2) is 0 Å². The van der Waals surface area contributed by atoms with Crippen LogP contribution >= 0.6 is 11.8 Å². The average Bonchev–Trinajstić information content (AvgIpc) is 3.16. The van der Waals surface area contributed by atoms with Crippen molar-refractivity contribution in [3.8, 4) is 0 Å². The number of thioether (sulfide) groups is 1. The largest absolute Gasteiger partial charge is 0.387 e. The minimum atomic E-state index is 0.0136. The van der Waals surface area contributed by atoms with E-state index in [0.717, 1.165) is 23.4 Å². The highest BCUT2D eigenvalue weighted by Gasteiger charge is 2.42. The van der Waals surface area contributed by atoms with E-state index in [1.165, 1.54) is 12.8 Å². The maximum absolute atomic E-state index is 12.2. The number of anilines is 1. The average molecular weight is 264 g/mol. The van der Waals surface area contributed by atoms with Crippen molar-refractivity contribution in [1.29, 1.82) is 0 Å². The first-order valence-corrected chi connectivity index (χ1v) is 7.44. The zero-order valence-electron chi connectivity index (χ0n) is 11.2. The maximum atomic E-state index is 12.2. The van der Waals surface area contributed by atoms with Gasteiger partial charge in [-0.1, -0.05) is 6.07 Å².